The Balaban J connectivity index is 1.50. The number of hydrogen-bond donors (Lipinski definition) is 1. The van der Waals surface area contributed by atoms with Gasteiger partial charge in [0.05, 0.1) is 18.4 Å². The highest BCUT2D eigenvalue weighted by Crippen LogP contribution is 2.21. The molecule has 1 aromatic carbocycles. The second kappa shape index (κ2) is 8.09. The van der Waals surface area contributed by atoms with E-state index in [0.29, 0.717) is 25.9 Å². The van der Waals surface area contributed by atoms with Crippen molar-refractivity contribution >= 4 is 15.9 Å². The Morgan fingerprint density at radius 2 is 1.74 bits per heavy atom. The van der Waals surface area contributed by atoms with E-state index in [4.69, 9.17) is 0 Å². The van der Waals surface area contributed by atoms with Crippen LogP contribution in [0.2, 0.25) is 0 Å². The number of likely N-dealkylation sites (tertiary alicyclic amines) is 1. The Bertz CT molecular complexity index is 877. The second-order valence-corrected chi connectivity index (χ2v) is 7.86. The number of carbonyl (C=O) groups excluding carboxylic acids is 1. The lowest BCUT2D eigenvalue weighted by molar-refractivity contribution is -0.132. The number of halogens is 2. The Morgan fingerprint density at radius 3 is 2.33 bits per heavy atom. The van der Waals surface area contributed by atoms with Crippen LogP contribution in [0.4, 0.5) is 8.78 Å². The van der Waals surface area contributed by atoms with Crippen LogP contribution < -0.4 is 4.72 Å². The lowest BCUT2D eigenvalue weighted by Crippen LogP contribution is -2.40. The SMILES string of the molecule is O=C(CCNS(=O)(=O)c1c(F)cccc1F)N1CCC(n2nccn2)CC1. The Hall–Kier alpha value is -2.40. The number of sulfonamides is 1. The first kappa shape index (κ1) is 19.4. The van der Waals surface area contributed by atoms with Crippen molar-refractivity contribution in [3.05, 3.63) is 42.2 Å². The smallest absolute Gasteiger partial charge is 0.246 e. The van der Waals surface area contributed by atoms with Crippen molar-refractivity contribution in [1.82, 2.24) is 24.6 Å². The fourth-order valence-electron chi connectivity index (χ4n) is 3.02. The summed E-state index contributed by atoms with van der Waals surface area (Å²) in [5.74, 6) is -2.58. The normalized spacial score (nSPS) is 15.9. The highest BCUT2D eigenvalue weighted by Gasteiger charge is 2.26. The van der Waals surface area contributed by atoms with Gasteiger partial charge < -0.3 is 4.90 Å². The van der Waals surface area contributed by atoms with Gasteiger partial charge in [0, 0.05) is 26.1 Å². The number of aromatic nitrogens is 3. The number of amides is 1. The van der Waals surface area contributed by atoms with Crippen molar-refractivity contribution in [1.29, 1.82) is 0 Å². The minimum Gasteiger partial charge on any atom is -0.342 e. The fourth-order valence-corrected chi connectivity index (χ4v) is 4.19. The van der Waals surface area contributed by atoms with Gasteiger partial charge >= 0.3 is 0 Å². The Labute approximate surface area is 155 Å². The van der Waals surface area contributed by atoms with Gasteiger partial charge in [0.15, 0.2) is 4.90 Å². The molecule has 2 heterocycles. The van der Waals surface area contributed by atoms with Gasteiger partial charge in [-0.2, -0.15) is 15.0 Å². The number of benzene rings is 1. The molecule has 0 saturated carbocycles. The van der Waals surface area contributed by atoms with Crippen molar-refractivity contribution in [3.8, 4) is 0 Å². The summed E-state index contributed by atoms with van der Waals surface area (Å²) >= 11 is 0. The molecule has 1 N–H and O–H groups in total. The summed E-state index contributed by atoms with van der Waals surface area (Å²) in [6, 6.07) is 2.94. The lowest BCUT2D eigenvalue weighted by atomic mass is 10.1. The molecule has 0 atom stereocenters. The average molecular weight is 399 g/mol. The highest BCUT2D eigenvalue weighted by atomic mass is 32.2. The molecule has 1 aromatic heterocycles. The quantitative estimate of drug-likeness (QED) is 0.784. The van der Waals surface area contributed by atoms with Crippen molar-refractivity contribution in [3.63, 3.8) is 0 Å². The molecule has 11 heteroatoms. The zero-order chi connectivity index (χ0) is 19.4. The lowest BCUT2D eigenvalue weighted by Gasteiger charge is -2.31. The maximum Gasteiger partial charge on any atom is 0.246 e. The van der Waals surface area contributed by atoms with Crippen LogP contribution in [0, 0.1) is 11.6 Å². The summed E-state index contributed by atoms with van der Waals surface area (Å²) in [5.41, 5.74) is 0. The molecule has 0 radical (unpaired) electrons. The molecule has 8 nitrogen and oxygen atoms in total. The van der Waals surface area contributed by atoms with E-state index in [2.05, 4.69) is 14.9 Å². The maximum absolute atomic E-state index is 13.6. The van der Waals surface area contributed by atoms with Crippen LogP contribution in [-0.2, 0) is 14.8 Å². The molecule has 1 amide bonds. The van der Waals surface area contributed by atoms with Crippen molar-refractivity contribution in [2.45, 2.75) is 30.2 Å². The summed E-state index contributed by atoms with van der Waals surface area (Å²) in [6.45, 7) is 0.787. The molecule has 0 spiro atoms. The van der Waals surface area contributed by atoms with Gasteiger partial charge in [0.25, 0.3) is 0 Å². The predicted octanol–water partition coefficient (Wildman–Crippen LogP) is 1.09. The van der Waals surface area contributed by atoms with Gasteiger partial charge in [0.2, 0.25) is 15.9 Å². The molecule has 1 saturated heterocycles. The Morgan fingerprint density at radius 1 is 1.15 bits per heavy atom. The van der Waals surface area contributed by atoms with Crippen LogP contribution in [0.25, 0.3) is 0 Å². The zero-order valence-corrected chi connectivity index (χ0v) is 15.2. The van der Waals surface area contributed by atoms with E-state index in [0.717, 1.165) is 18.2 Å². The van der Waals surface area contributed by atoms with Gasteiger partial charge in [0.1, 0.15) is 11.6 Å². The molecule has 1 fully saturated rings. The van der Waals surface area contributed by atoms with Crippen molar-refractivity contribution in [2.24, 2.45) is 0 Å². The molecular weight excluding hydrogens is 380 g/mol. The maximum atomic E-state index is 13.6. The molecule has 27 heavy (non-hydrogen) atoms. The largest absolute Gasteiger partial charge is 0.342 e. The first-order chi connectivity index (χ1) is 12.9. The average Bonchev–Trinajstić information content (AvgIpc) is 3.16. The number of rotatable bonds is 6. The van der Waals surface area contributed by atoms with Gasteiger partial charge in [-0.05, 0) is 25.0 Å². The van der Waals surface area contributed by atoms with Crippen LogP contribution in [-0.4, -0.2) is 53.9 Å². The molecule has 1 aliphatic heterocycles. The summed E-state index contributed by atoms with van der Waals surface area (Å²) in [5, 5.41) is 8.19. The summed E-state index contributed by atoms with van der Waals surface area (Å²) < 4.78 is 53.5. The van der Waals surface area contributed by atoms with Crippen molar-refractivity contribution < 1.29 is 22.0 Å². The van der Waals surface area contributed by atoms with Gasteiger partial charge in [-0.15, -0.1) is 0 Å². The van der Waals surface area contributed by atoms with Crippen molar-refractivity contribution in [2.75, 3.05) is 19.6 Å². The molecule has 0 bridgehead atoms. The summed E-state index contributed by atoms with van der Waals surface area (Å²) in [4.78, 5) is 14.5. The van der Waals surface area contributed by atoms with Gasteiger partial charge in [-0.25, -0.2) is 21.9 Å². The van der Waals surface area contributed by atoms with Gasteiger partial charge in [-0.1, -0.05) is 6.07 Å². The van der Waals surface area contributed by atoms with Crippen LogP contribution in [0.3, 0.4) is 0 Å². The van der Waals surface area contributed by atoms with Crippen LogP contribution in [0.1, 0.15) is 25.3 Å². The van der Waals surface area contributed by atoms with Crippen LogP contribution in [0.5, 0.6) is 0 Å². The topological polar surface area (TPSA) is 97.2 Å². The minimum absolute atomic E-state index is 0.0972. The number of nitrogens with zero attached hydrogens (tertiary/aromatic N) is 4. The standard InChI is InChI=1S/C16H19F2N5O3S/c17-13-2-1-3-14(18)16(13)27(25,26)21-7-4-15(24)22-10-5-12(6-11-22)23-19-8-9-20-23/h1-3,8-9,12,21H,4-7,10-11H2. The third-order valence-corrected chi connectivity index (χ3v) is 5.91. The van der Waals surface area contributed by atoms with E-state index in [-0.39, 0.29) is 24.9 Å². The van der Waals surface area contributed by atoms with Crippen LogP contribution >= 0.6 is 0 Å². The summed E-state index contributed by atoms with van der Waals surface area (Å²) in [6.07, 6.45) is 4.50. The van der Waals surface area contributed by atoms with Gasteiger partial charge in [-0.3, -0.25) is 4.79 Å². The molecule has 3 rings (SSSR count). The molecule has 146 valence electrons. The Kier molecular flexibility index (Phi) is 5.80. The van der Waals surface area contributed by atoms with E-state index in [9.17, 15) is 22.0 Å². The zero-order valence-electron chi connectivity index (χ0n) is 14.4. The number of carbonyl (C=O) groups is 1. The number of piperidine rings is 1. The monoisotopic (exact) mass is 399 g/mol. The molecule has 1 aliphatic rings. The van der Waals surface area contributed by atoms with E-state index >= 15 is 0 Å². The highest BCUT2D eigenvalue weighted by molar-refractivity contribution is 7.89. The predicted molar refractivity (Wildman–Crippen MR) is 91.0 cm³/mol. The van der Waals surface area contributed by atoms with Crippen LogP contribution in [0.15, 0.2) is 35.5 Å². The fraction of sp³-hybridized carbons (Fsp3) is 0.438. The van der Waals surface area contributed by atoms with E-state index in [1.807, 2.05) is 0 Å². The number of hydrogen-bond acceptors (Lipinski definition) is 5. The molecular formula is C16H19F2N5O3S. The second-order valence-electron chi connectivity index (χ2n) is 6.16. The third-order valence-electron chi connectivity index (χ3n) is 4.40. The van der Waals surface area contributed by atoms with E-state index in [1.54, 1.807) is 22.1 Å². The molecule has 0 unspecified atom stereocenters. The van der Waals surface area contributed by atoms with E-state index in [1.165, 1.54) is 0 Å². The first-order valence-electron chi connectivity index (χ1n) is 8.46. The molecule has 2 aromatic rings. The first-order valence-corrected chi connectivity index (χ1v) is 9.94. The number of nitrogens with one attached hydrogen (secondary N) is 1. The molecule has 0 aliphatic carbocycles. The summed E-state index contributed by atoms with van der Waals surface area (Å²) in [7, 11) is -4.38. The minimum atomic E-state index is -4.38. The third kappa shape index (κ3) is 4.48. The van der Waals surface area contributed by atoms with E-state index < -0.39 is 26.6 Å².